The van der Waals surface area contributed by atoms with Gasteiger partial charge in [0.2, 0.25) is 5.91 Å². The smallest absolute Gasteiger partial charge is 0.219 e. The van der Waals surface area contributed by atoms with Crippen LogP contribution < -0.4 is 5.73 Å². The quantitative estimate of drug-likeness (QED) is 0.864. The molecule has 0 unspecified atom stereocenters. The molecular formula is C18H16F2N4O. The Morgan fingerprint density at radius 2 is 2.08 bits per heavy atom. The van der Waals surface area contributed by atoms with Crippen LogP contribution in [-0.2, 0) is 17.8 Å². The van der Waals surface area contributed by atoms with Crippen molar-refractivity contribution < 1.29 is 13.6 Å². The monoisotopic (exact) mass is 342 g/mol. The minimum absolute atomic E-state index is 0.0622. The molecule has 3 rings (SSSR count). The molecule has 1 aliphatic rings. The van der Waals surface area contributed by atoms with Gasteiger partial charge in [0.15, 0.2) is 0 Å². The fourth-order valence-corrected chi connectivity index (χ4v) is 3.12. The van der Waals surface area contributed by atoms with Crippen LogP contribution in [0.1, 0.15) is 29.3 Å². The number of amides is 1. The van der Waals surface area contributed by atoms with Crippen molar-refractivity contribution in [3.8, 4) is 17.2 Å². The van der Waals surface area contributed by atoms with Crippen LogP contribution in [0.3, 0.4) is 0 Å². The van der Waals surface area contributed by atoms with Crippen molar-refractivity contribution in [2.45, 2.75) is 26.8 Å². The van der Waals surface area contributed by atoms with Gasteiger partial charge in [0.25, 0.3) is 0 Å². The molecule has 0 spiro atoms. The first-order chi connectivity index (χ1) is 11.8. The van der Waals surface area contributed by atoms with Gasteiger partial charge in [-0.15, -0.1) is 0 Å². The standard InChI is InChI=1S/C18H16F2N4O/c1-9-3-4-13(19)16(17(9)20)15-11(7-21)18(22)23-14-5-6-24(10(2)25)8-12(14)15/h3-4H,5-6,8H2,1-2H3,(H2,22,23). The Balaban J connectivity index is 2.37. The third kappa shape index (κ3) is 2.70. The van der Waals surface area contributed by atoms with Crippen LogP contribution in [0, 0.1) is 29.9 Å². The van der Waals surface area contributed by atoms with E-state index in [0.29, 0.717) is 24.2 Å². The Labute approximate surface area is 143 Å². The lowest BCUT2D eigenvalue weighted by atomic mass is 9.89. The summed E-state index contributed by atoms with van der Waals surface area (Å²) in [6.45, 7) is 3.52. The van der Waals surface area contributed by atoms with E-state index in [1.807, 2.05) is 6.07 Å². The number of nitrogens with zero attached hydrogens (tertiary/aromatic N) is 3. The number of nitriles is 1. The number of benzene rings is 1. The van der Waals surface area contributed by atoms with Gasteiger partial charge in [0, 0.05) is 37.6 Å². The summed E-state index contributed by atoms with van der Waals surface area (Å²) in [6.07, 6.45) is 0.410. The van der Waals surface area contributed by atoms with Gasteiger partial charge in [-0.25, -0.2) is 13.8 Å². The SMILES string of the molecule is CC(=O)N1CCc2nc(N)c(C#N)c(-c3c(F)ccc(C)c3F)c2C1. The van der Waals surface area contributed by atoms with Gasteiger partial charge in [-0.2, -0.15) is 5.26 Å². The number of hydrogen-bond donors (Lipinski definition) is 1. The number of nitrogens with two attached hydrogens (primary N) is 1. The highest BCUT2D eigenvalue weighted by Crippen LogP contribution is 2.38. The van der Waals surface area contributed by atoms with Crippen molar-refractivity contribution in [2.75, 3.05) is 12.3 Å². The molecule has 1 amide bonds. The van der Waals surface area contributed by atoms with Crippen molar-refractivity contribution in [3.05, 3.63) is 46.2 Å². The zero-order valence-corrected chi connectivity index (χ0v) is 13.9. The van der Waals surface area contributed by atoms with Crippen LogP contribution in [0.4, 0.5) is 14.6 Å². The van der Waals surface area contributed by atoms with Crippen molar-refractivity contribution in [1.29, 1.82) is 5.26 Å². The summed E-state index contributed by atoms with van der Waals surface area (Å²) in [4.78, 5) is 17.5. The van der Waals surface area contributed by atoms with Crippen molar-refractivity contribution >= 4 is 11.7 Å². The molecule has 0 atom stereocenters. The molecule has 0 bridgehead atoms. The normalized spacial score (nSPS) is 13.3. The molecule has 0 saturated carbocycles. The van der Waals surface area contributed by atoms with E-state index >= 15 is 0 Å². The van der Waals surface area contributed by atoms with E-state index in [1.165, 1.54) is 19.9 Å². The summed E-state index contributed by atoms with van der Waals surface area (Å²) in [6, 6.07) is 4.39. The van der Waals surface area contributed by atoms with Crippen LogP contribution in [0.2, 0.25) is 0 Å². The molecule has 1 aliphatic heterocycles. The summed E-state index contributed by atoms with van der Waals surface area (Å²) in [7, 11) is 0. The lowest BCUT2D eigenvalue weighted by molar-refractivity contribution is -0.129. The number of anilines is 1. The highest BCUT2D eigenvalue weighted by molar-refractivity contribution is 5.81. The van der Waals surface area contributed by atoms with Gasteiger partial charge in [-0.3, -0.25) is 4.79 Å². The average Bonchev–Trinajstić information content (AvgIpc) is 2.58. The second-order valence-electron chi connectivity index (χ2n) is 6.03. The molecule has 2 heterocycles. The highest BCUT2D eigenvalue weighted by Gasteiger charge is 2.29. The minimum atomic E-state index is -0.785. The summed E-state index contributed by atoms with van der Waals surface area (Å²) in [5.74, 6) is -1.75. The molecule has 128 valence electrons. The zero-order chi connectivity index (χ0) is 18.3. The average molecular weight is 342 g/mol. The molecule has 1 aromatic heterocycles. The molecule has 5 nitrogen and oxygen atoms in total. The van der Waals surface area contributed by atoms with E-state index in [-0.39, 0.29) is 40.5 Å². The molecule has 0 radical (unpaired) electrons. The largest absolute Gasteiger partial charge is 0.383 e. The number of halogens is 2. The summed E-state index contributed by atoms with van der Waals surface area (Å²) in [5, 5.41) is 9.49. The first-order valence-corrected chi connectivity index (χ1v) is 7.77. The third-order valence-electron chi connectivity index (χ3n) is 4.47. The maximum Gasteiger partial charge on any atom is 0.219 e. The van der Waals surface area contributed by atoms with E-state index in [0.717, 1.165) is 6.07 Å². The van der Waals surface area contributed by atoms with Gasteiger partial charge in [-0.05, 0) is 18.6 Å². The predicted octanol–water partition coefficient (Wildman–Crippen LogP) is 2.69. The molecule has 25 heavy (non-hydrogen) atoms. The number of aryl methyl sites for hydroxylation is 1. The van der Waals surface area contributed by atoms with Crippen LogP contribution in [0.15, 0.2) is 12.1 Å². The Kier molecular flexibility index (Phi) is 4.13. The van der Waals surface area contributed by atoms with E-state index in [1.54, 1.807) is 4.90 Å². The van der Waals surface area contributed by atoms with Gasteiger partial charge in [0.1, 0.15) is 29.1 Å². The number of pyridine rings is 1. The van der Waals surface area contributed by atoms with Gasteiger partial charge in [-0.1, -0.05) is 6.07 Å². The van der Waals surface area contributed by atoms with Crippen molar-refractivity contribution in [3.63, 3.8) is 0 Å². The number of carbonyl (C=O) groups is 1. The number of fused-ring (bicyclic) bond motifs is 1. The first-order valence-electron chi connectivity index (χ1n) is 7.77. The molecular weight excluding hydrogens is 326 g/mol. The van der Waals surface area contributed by atoms with Crippen LogP contribution in [0.25, 0.3) is 11.1 Å². The molecule has 0 saturated heterocycles. The molecule has 7 heteroatoms. The van der Waals surface area contributed by atoms with E-state index in [2.05, 4.69) is 4.98 Å². The van der Waals surface area contributed by atoms with E-state index in [9.17, 15) is 18.8 Å². The predicted molar refractivity (Wildman–Crippen MR) is 88.2 cm³/mol. The summed E-state index contributed by atoms with van der Waals surface area (Å²) in [5.41, 5.74) is 6.87. The number of hydrogen-bond acceptors (Lipinski definition) is 4. The highest BCUT2D eigenvalue weighted by atomic mass is 19.1. The third-order valence-corrected chi connectivity index (χ3v) is 4.47. The molecule has 2 aromatic rings. The second kappa shape index (κ2) is 6.13. The Morgan fingerprint density at radius 1 is 1.36 bits per heavy atom. The topological polar surface area (TPSA) is 83.0 Å². The second-order valence-corrected chi connectivity index (χ2v) is 6.03. The van der Waals surface area contributed by atoms with Crippen molar-refractivity contribution in [1.82, 2.24) is 9.88 Å². The molecule has 1 aromatic carbocycles. The molecule has 2 N–H and O–H groups in total. The first kappa shape index (κ1) is 16.8. The number of rotatable bonds is 1. The Morgan fingerprint density at radius 3 is 2.72 bits per heavy atom. The van der Waals surface area contributed by atoms with Gasteiger partial charge in [0.05, 0.1) is 11.3 Å². The fraction of sp³-hybridized carbons (Fsp3) is 0.278. The maximum atomic E-state index is 14.7. The number of aromatic nitrogens is 1. The van der Waals surface area contributed by atoms with Crippen LogP contribution in [-0.4, -0.2) is 22.3 Å². The van der Waals surface area contributed by atoms with E-state index < -0.39 is 11.6 Å². The summed E-state index contributed by atoms with van der Waals surface area (Å²) >= 11 is 0. The Hall–Kier alpha value is -3.01. The fourth-order valence-electron chi connectivity index (χ4n) is 3.12. The lowest BCUT2D eigenvalue weighted by Crippen LogP contribution is -2.35. The lowest BCUT2D eigenvalue weighted by Gasteiger charge is -2.30. The zero-order valence-electron chi connectivity index (χ0n) is 13.9. The van der Waals surface area contributed by atoms with Gasteiger partial charge < -0.3 is 10.6 Å². The number of nitrogen functional groups attached to an aromatic ring is 1. The number of carbonyl (C=O) groups excluding carboxylic acids is 1. The van der Waals surface area contributed by atoms with Crippen LogP contribution >= 0.6 is 0 Å². The molecule has 0 aliphatic carbocycles. The van der Waals surface area contributed by atoms with Crippen LogP contribution in [0.5, 0.6) is 0 Å². The van der Waals surface area contributed by atoms with Crippen molar-refractivity contribution in [2.24, 2.45) is 0 Å². The summed E-state index contributed by atoms with van der Waals surface area (Å²) < 4.78 is 29.2. The maximum absolute atomic E-state index is 14.7. The Bertz CT molecular complexity index is 934. The minimum Gasteiger partial charge on any atom is -0.383 e. The van der Waals surface area contributed by atoms with E-state index in [4.69, 9.17) is 5.73 Å². The van der Waals surface area contributed by atoms with Gasteiger partial charge >= 0.3 is 0 Å². The molecule has 0 fully saturated rings.